The van der Waals surface area contributed by atoms with E-state index in [0.29, 0.717) is 23.1 Å². The van der Waals surface area contributed by atoms with Gasteiger partial charge in [-0.1, -0.05) is 18.2 Å². The maximum absolute atomic E-state index is 13.6. The Hall–Kier alpha value is -3.03. The van der Waals surface area contributed by atoms with Crippen LogP contribution in [-0.4, -0.2) is 94.8 Å². The molecule has 0 atom stereocenters. The molecule has 2 N–H and O–H groups in total. The number of hydrogen-bond acceptors (Lipinski definition) is 9. The van der Waals surface area contributed by atoms with Crippen molar-refractivity contribution in [3.8, 4) is 11.5 Å². The number of benzene rings is 2. The number of carbonyl (C=O) groups is 2. The second-order valence-electron chi connectivity index (χ2n) is 9.11. The number of rotatable bonds is 14. The first-order valence-corrected chi connectivity index (χ1v) is 13.0. The lowest BCUT2D eigenvalue weighted by atomic mass is 9.95. The zero-order valence-electron chi connectivity index (χ0n) is 21.6. The third-order valence-corrected chi connectivity index (χ3v) is 6.53. The molecule has 0 fully saturated rings. The van der Waals surface area contributed by atoms with Gasteiger partial charge in [-0.25, -0.2) is 8.42 Å². The molecule has 37 heavy (non-hydrogen) atoms. The summed E-state index contributed by atoms with van der Waals surface area (Å²) in [7, 11) is 3.62. The number of phenols is 1. The molecule has 0 heterocycles. The predicted octanol–water partition coefficient (Wildman–Crippen LogP) is 1.49. The minimum absolute atomic E-state index is 0.0524. The molecule has 2 aromatic carbocycles. The summed E-state index contributed by atoms with van der Waals surface area (Å²) >= 11 is 0. The molecule has 2 rings (SSSR count). The van der Waals surface area contributed by atoms with E-state index < -0.39 is 33.9 Å². The molecular formula is C25H34N2O9S. The van der Waals surface area contributed by atoms with E-state index in [1.165, 1.54) is 39.5 Å². The van der Waals surface area contributed by atoms with Crippen molar-refractivity contribution in [3.63, 3.8) is 0 Å². The summed E-state index contributed by atoms with van der Waals surface area (Å²) in [6.07, 6.45) is -0.484. The number of hydrogen-bond donors (Lipinski definition) is 2. The third-order valence-electron chi connectivity index (χ3n) is 5.74. The molecule has 0 aromatic heterocycles. The summed E-state index contributed by atoms with van der Waals surface area (Å²) in [5, 5.41) is 13.4. The van der Waals surface area contributed by atoms with Crippen molar-refractivity contribution < 1.29 is 46.4 Å². The molecule has 1 amide bonds. The number of carbonyl (C=O) groups excluding carboxylic acids is 2. The van der Waals surface area contributed by atoms with Gasteiger partial charge < -0.3 is 33.7 Å². The average Bonchev–Trinajstić information content (AvgIpc) is 2.83. The molecular weight excluding hydrogens is 504 g/mol. The molecule has 12 heteroatoms. The summed E-state index contributed by atoms with van der Waals surface area (Å²) in [4.78, 5) is 26.4. The van der Waals surface area contributed by atoms with Gasteiger partial charge in [0.25, 0.3) is 5.91 Å². The number of quaternary nitrogens is 1. The van der Waals surface area contributed by atoms with Crippen LogP contribution < -0.4 is 10.1 Å². The van der Waals surface area contributed by atoms with Crippen molar-refractivity contribution in [2.45, 2.75) is 19.3 Å². The van der Waals surface area contributed by atoms with Crippen LogP contribution in [0.1, 0.15) is 38.3 Å². The van der Waals surface area contributed by atoms with Gasteiger partial charge >= 0.3 is 0 Å². The molecule has 0 unspecified atom stereocenters. The third kappa shape index (κ3) is 8.79. The molecule has 0 radical (unpaired) electrons. The Kier molecular flexibility index (Phi) is 10.6. The largest absolute Gasteiger partial charge is 0.748 e. The molecule has 0 spiro atoms. The van der Waals surface area contributed by atoms with E-state index >= 15 is 0 Å². The normalized spacial score (nSPS) is 12.0. The molecule has 0 bridgehead atoms. The van der Waals surface area contributed by atoms with Crippen molar-refractivity contribution >= 4 is 21.8 Å². The highest BCUT2D eigenvalue weighted by Crippen LogP contribution is 2.34. The highest BCUT2D eigenvalue weighted by molar-refractivity contribution is 7.85. The Morgan fingerprint density at radius 3 is 2.24 bits per heavy atom. The Labute approximate surface area is 217 Å². The monoisotopic (exact) mass is 538 g/mol. The molecule has 0 aliphatic rings. The van der Waals surface area contributed by atoms with Gasteiger partial charge in [-0.05, 0) is 18.2 Å². The molecule has 0 aliphatic carbocycles. The van der Waals surface area contributed by atoms with Crippen LogP contribution >= 0.6 is 0 Å². The number of phenolic OH excluding ortho intramolecular Hbond substituents is 1. The van der Waals surface area contributed by atoms with Crippen molar-refractivity contribution in [2.75, 3.05) is 54.3 Å². The van der Waals surface area contributed by atoms with Crippen LogP contribution in [0.2, 0.25) is 0 Å². The van der Waals surface area contributed by atoms with E-state index in [-0.39, 0.29) is 41.2 Å². The van der Waals surface area contributed by atoms with Crippen molar-refractivity contribution in [3.05, 3.63) is 58.7 Å². The Morgan fingerprint density at radius 1 is 1.05 bits per heavy atom. The minimum atomic E-state index is -4.31. The first kappa shape index (κ1) is 30.2. The number of aromatic hydroxyl groups is 1. The minimum Gasteiger partial charge on any atom is -0.748 e. The van der Waals surface area contributed by atoms with Crippen molar-refractivity contribution in [2.24, 2.45) is 0 Å². The second kappa shape index (κ2) is 13.0. The Morgan fingerprint density at radius 2 is 1.68 bits per heavy atom. The number of ether oxygens (including phenoxy) is 3. The lowest BCUT2D eigenvalue weighted by Crippen LogP contribution is -2.40. The van der Waals surface area contributed by atoms with Gasteiger partial charge in [0.2, 0.25) is 0 Å². The van der Waals surface area contributed by atoms with E-state index in [4.69, 9.17) is 14.2 Å². The van der Waals surface area contributed by atoms with E-state index in [1.807, 2.05) is 14.1 Å². The first-order valence-electron chi connectivity index (χ1n) is 11.4. The summed E-state index contributed by atoms with van der Waals surface area (Å²) < 4.78 is 48.6. The molecule has 0 aliphatic heterocycles. The van der Waals surface area contributed by atoms with E-state index in [1.54, 1.807) is 18.2 Å². The Balaban J connectivity index is 2.37. The van der Waals surface area contributed by atoms with Crippen molar-refractivity contribution in [1.82, 2.24) is 5.32 Å². The topological polar surface area (TPSA) is 151 Å². The van der Waals surface area contributed by atoms with E-state index in [0.717, 1.165) is 0 Å². The smallest absolute Gasteiger partial charge is 0.252 e. The lowest BCUT2D eigenvalue weighted by Gasteiger charge is -2.30. The maximum Gasteiger partial charge on any atom is 0.252 e. The standard InChI is InChI=1S/C25H34N2O9S/c1-27(2,11-8-12-37(31,32)33)16-17-13-20(24(29)21(14-17)34-3)23(28)18-9-6-7-10-19(18)25(30)26-15-22(35-4)36-5/h6-7,9-10,13-14,22H,8,11-12,15-16H2,1-5H3,(H2-,26,28,29,30,31,32,33). The van der Waals surface area contributed by atoms with Crippen LogP contribution in [0.15, 0.2) is 36.4 Å². The molecule has 0 saturated carbocycles. The highest BCUT2D eigenvalue weighted by atomic mass is 32.2. The maximum atomic E-state index is 13.6. The summed E-state index contributed by atoms with van der Waals surface area (Å²) in [5.74, 6) is -1.86. The van der Waals surface area contributed by atoms with Gasteiger partial charge in [-0.15, -0.1) is 0 Å². The fourth-order valence-corrected chi connectivity index (χ4v) is 4.37. The van der Waals surface area contributed by atoms with Crippen LogP contribution in [-0.2, 0) is 26.1 Å². The van der Waals surface area contributed by atoms with Crippen molar-refractivity contribution in [1.29, 1.82) is 0 Å². The van der Waals surface area contributed by atoms with Crippen LogP contribution in [0.3, 0.4) is 0 Å². The van der Waals surface area contributed by atoms with E-state index in [9.17, 15) is 27.7 Å². The summed E-state index contributed by atoms with van der Waals surface area (Å²) in [5.41, 5.74) is 0.772. The van der Waals surface area contributed by atoms with Gasteiger partial charge in [-0.3, -0.25) is 9.59 Å². The number of nitrogens with one attached hydrogen (secondary N) is 1. The quantitative estimate of drug-likeness (QED) is 0.158. The van der Waals surface area contributed by atoms with E-state index in [2.05, 4.69) is 5.32 Å². The summed E-state index contributed by atoms with van der Waals surface area (Å²) in [6.45, 7) is 0.803. The fourth-order valence-electron chi connectivity index (χ4n) is 3.89. The number of nitrogens with zero attached hydrogens (tertiary/aromatic N) is 1. The number of methoxy groups -OCH3 is 3. The highest BCUT2D eigenvalue weighted by Gasteiger charge is 2.25. The zero-order chi connectivity index (χ0) is 27.8. The fraction of sp³-hybridized carbons (Fsp3) is 0.440. The first-order chi connectivity index (χ1) is 17.3. The predicted molar refractivity (Wildman–Crippen MR) is 135 cm³/mol. The Bertz CT molecular complexity index is 1210. The van der Waals surface area contributed by atoms with Gasteiger partial charge in [0, 0.05) is 37.5 Å². The van der Waals surface area contributed by atoms with Gasteiger partial charge in [0.15, 0.2) is 23.6 Å². The number of amides is 1. The van der Waals surface area contributed by atoms with Gasteiger partial charge in [0.05, 0.1) is 55.5 Å². The van der Waals surface area contributed by atoms with Crippen LogP contribution in [0.25, 0.3) is 0 Å². The lowest BCUT2D eigenvalue weighted by molar-refractivity contribution is -0.903. The van der Waals surface area contributed by atoms with Crippen LogP contribution in [0.4, 0.5) is 0 Å². The molecule has 0 saturated heterocycles. The van der Waals surface area contributed by atoms with Gasteiger partial charge in [-0.2, -0.15) is 0 Å². The SMILES string of the molecule is COc1cc(C[N+](C)(C)CCCS(=O)(=O)[O-])cc(C(=O)c2ccccc2C(=O)NCC(OC)OC)c1O. The van der Waals surface area contributed by atoms with Gasteiger partial charge in [0.1, 0.15) is 6.54 Å². The number of ketones is 1. The average molecular weight is 539 g/mol. The zero-order valence-corrected chi connectivity index (χ0v) is 22.5. The molecule has 11 nitrogen and oxygen atoms in total. The molecule has 2 aromatic rings. The van der Waals surface area contributed by atoms with Crippen LogP contribution in [0.5, 0.6) is 11.5 Å². The summed E-state index contributed by atoms with van der Waals surface area (Å²) in [6, 6.07) is 9.33. The molecule has 204 valence electrons. The van der Waals surface area contributed by atoms with Crippen LogP contribution in [0, 0.1) is 0 Å². The second-order valence-corrected chi connectivity index (χ2v) is 10.6.